The van der Waals surface area contributed by atoms with Gasteiger partial charge in [0, 0.05) is 46.4 Å². The maximum Gasteiger partial charge on any atom is 0.201 e. The lowest BCUT2D eigenvalue weighted by molar-refractivity contribution is 0.628. The van der Waals surface area contributed by atoms with E-state index in [2.05, 4.69) is 119 Å². The van der Waals surface area contributed by atoms with Gasteiger partial charge in [0.15, 0.2) is 5.58 Å². The summed E-state index contributed by atoms with van der Waals surface area (Å²) < 4.78 is 12.6. The van der Waals surface area contributed by atoms with Crippen LogP contribution in [0, 0.1) is 0 Å². The molecule has 1 aliphatic rings. The second kappa shape index (κ2) is 9.21. The SMILES string of the molecule is C1=Cc2c(oc3cc(N(c4cnc5c(c4)oc4ccccc45)c4ccc5c6ccccc6c6ccccc6c5c4)ccc23)NC1. The summed E-state index contributed by atoms with van der Waals surface area (Å²) in [5.74, 6) is 0.811. The van der Waals surface area contributed by atoms with Crippen molar-refractivity contribution in [3.63, 3.8) is 0 Å². The minimum Gasteiger partial charge on any atom is -0.454 e. The largest absolute Gasteiger partial charge is 0.454 e. The van der Waals surface area contributed by atoms with Crippen LogP contribution in [-0.2, 0) is 0 Å². The highest BCUT2D eigenvalue weighted by atomic mass is 16.4. The lowest BCUT2D eigenvalue weighted by atomic mass is 9.94. The lowest BCUT2D eigenvalue weighted by Gasteiger charge is -2.26. The Kier molecular flexibility index (Phi) is 4.99. The highest BCUT2D eigenvalue weighted by Gasteiger charge is 2.21. The lowest BCUT2D eigenvalue weighted by Crippen LogP contribution is -2.10. The van der Waals surface area contributed by atoms with Gasteiger partial charge in [0.1, 0.15) is 16.7 Å². The van der Waals surface area contributed by atoms with Gasteiger partial charge >= 0.3 is 0 Å². The Bertz CT molecular complexity index is 2640. The van der Waals surface area contributed by atoms with Crippen LogP contribution >= 0.6 is 0 Å². The summed E-state index contributed by atoms with van der Waals surface area (Å²) in [7, 11) is 0. The molecule has 5 nitrogen and oxygen atoms in total. The summed E-state index contributed by atoms with van der Waals surface area (Å²) in [5, 5.41) is 12.9. The van der Waals surface area contributed by atoms with Crippen LogP contribution in [0.4, 0.5) is 22.9 Å². The topological polar surface area (TPSA) is 54.4 Å². The van der Waals surface area contributed by atoms with E-state index < -0.39 is 0 Å². The van der Waals surface area contributed by atoms with Crippen molar-refractivity contribution in [2.24, 2.45) is 0 Å². The molecule has 4 heterocycles. The minimum atomic E-state index is 0.750. The monoisotopic (exact) mass is 579 g/mol. The van der Waals surface area contributed by atoms with Crippen LogP contribution in [0.3, 0.4) is 0 Å². The Hall–Kier alpha value is -6.07. The van der Waals surface area contributed by atoms with Crippen molar-refractivity contribution in [1.29, 1.82) is 0 Å². The molecular formula is C40H25N3O2. The van der Waals surface area contributed by atoms with Crippen LogP contribution < -0.4 is 10.2 Å². The molecule has 45 heavy (non-hydrogen) atoms. The van der Waals surface area contributed by atoms with Crippen molar-refractivity contribution in [3.8, 4) is 0 Å². The number of fused-ring (bicyclic) bond motifs is 12. The predicted octanol–water partition coefficient (Wildman–Crippen LogP) is 11.1. The van der Waals surface area contributed by atoms with E-state index >= 15 is 0 Å². The van der Waals surface area contributed by atoms with E-state index in [0.717, 1.165) is 68.1 Å². The van der Waals surface area contributed by atoms with Crippen LogP contribution in [0.5, 0.6) is 0 Å². The summed E-state index contributed by atoms with van der Waals surface area (Å²) >= 11 is 0. The Morgan fingerprint density at radius 2 is 1.16 bits per heavy atom. The predicted molar refractivity (Wildman–Crippen MR) is 186 cm³/mol. The van der Waals surface area contributed by atoms with Gasteiger partial charge in [-0.05, 0) is 68.7 Å². The molecule has 0 amide bonds. The van der Waals surface area contributed by atoms with E-state index in [1.165, 1.54) is 32.3 Å². The summed E-state index contributed by atoms with van der Waals surface area (Å²) in [6, 6.07) is 40.7. The van der Waals surface area contributed by atoms with Crippen molar-refractivity contribution in [1.82, 2.24) is 4.98 Å². The number of pyridine rings is 1. The third-order valence-electron chi connectivity index (χ3n) is 9.08. The zero-order valence-electron chi connectivity index (χ0n) is 24.1. The third-order valence-corrected chi connectivity index (χ3v) is 9.08. The summed E-state index contributed by atoms with van der Waals surface area (Å²) in [6.07, 6.45) is 6.19. The molecule has 10 rings (SSSR count). The second-order valence-corrected chi connectivity index (χ2v) is 11.6. The number of hydrogen-bond donors (Lipinski definition) is 1. The quantitative estimate of drug-likeness (QED) is 0.211. The van der Waals surface area contributed by atoms with Gasteiger partial charge in [0.25, 0.3) is 0 Å². The number of benzene rings is 6. The summed E-state index contributed by atoms with van der Waals surface area (Å²) in [5.41, 5.74) is 7.25. The molecule has 0 fully saturated rings. The van der Waals surface area contributed by atoms with E-state index in [-0.39, 0.29) is 0 Å². The number of aromatic nitrogens is 1. The second-order valence-electron chi connectivity index (χ2n) is 11.6. The van der Waals surface area contributed by atoms with E-state index in [1.54, 1.807) is 0 Å². The van der Waals surface area contributed by atoms with E-state index in [1.807, 2.05) is 24.4 Å². The van der Waals surface area contributed by atoms with Crippen molar-refractivity contribution in [2.45, 2.75) is 0 Å². The average molecular weight is 580 g/mol. The van der Waals surface area contributed by atoms with E-state index in [0.29, 0.717) is 0 Å². The molecule has 0 bridgehead atoms. The van der Waals surface area contributed by atoms with E-state index in [9.17, 15) is 0 Å². The van der Waals surface area contributed by atoms with Crippen molar-refractivity contribution in [2.75, 3.05) is 16.8 Å². The maximum atomic E-state index is 6.32. The molecule has 6 aromatic carbocycles. The molecule has 5 heteroatoms. The van der Waals surface area contributed by atoms with Crippen molar-refractivity contribution >= 4 is 94.4 Å². The molecule has 1 aliphatic heterocycles. The van der Waals surface area contributed by atoms with Gasteiger partial charge in [-0.2, -0.15) is 0 Å². The molecule has 0 spiro atoms. The molecule has 0 atom stereocenters. The molecule has 3 aromatic heterocycles. The fraction of sp³-hybridized carbons (Fsp3) is 0.0250. The Morgan fingerprint density at radius 3 is 1.93 bits per heavy atom. The van der Waals surface area contributed by atoms with Crippen molar-refractivity contribution in [3.05, 3.63) is 133 Å². The van der Waals surface area contributed by atoms with Crippen molar-refractivity contribution < 1.29 is 8.83 Å². The Morgan fingerprint density at radius 1 is 0.533 bits per heavy atom. The molecule has 0 saturated heterocycles. The van der Waals surface area contributed by atoms with E-state index in [4.69, 9.17) is 13.8 Å². The minimum absolute atomic E-state index is 0.750. The summed E-state index contributed by atoms with van der Waals surface area (Å²) in [6.45, 7) is 0.759. The molecular weight excluding hydrogens is 554 g/mol. The fourth-order valence-corrected chi connectivity index (χ4v) is 7.06. The normalized spacial score (nSPS) is 12.9. The average Bonchev–Trinajstić information content (AvgIpc) is 3.66. The van der Waals surface area contributed by atoms with Gasteiger partial charge in [-0.1, -0.05) is 78.9 Å². The molecule has 0 saturated carbocycles. The van der Waals surface area contributed by atoms with Gasteiger partial charge in [-0.3, -0.25) is 0 Å². The van der Waals surface area contributed by atoms with Gasteiger partial charge in [0.2, 0.25) is 5.88 Å². The number of nitrogens with one attached hydrogen (secondary N) is 1. The molecule has 0 aliphatic carbocycles. The third kappa shape index (κ3) is 3.58. The van der Waals surface area contributed by atoms with Gasteiger partial charge < -0.3 is 19.1 Å². The zero-order chi connectivity index (χ0) is 29.5. The Balaban J connectivity index is 1.24. The fourth-order valence-electron chi connectivity index (χ4n) is 7.06. The number of furan rings is 2. The van der Waals surface area contributed by atoms with Crippen LogP contribution in [-0.4, -0.2) is 11.5 Å². The van der Waals surface area contributed by atoms with Crippen LogP contribution in [0.25, 0.3) is 71.4 Å². The first-order valence-corrected chi connectivity index (χ1v) is 15.2. The maximum absolute atomic E-state index is 6.32. The standard InChI is InChI=1S/C40H25N3O2/c1-2-10-29-27(8-1)28-9-3-4-11-30(28)35-20-24(15-17-31(29)35)43(25-16-18-32-33-13-7-19-41-40(33)45-37(32)21-25)26-22-38-39(42-23-26)34-12-5-6-14-36(34)44-38/h1-18,20-23,41H,19H2. The highest BCUT2D eigenvalue weighted by molar-refractivity contribution is 6.25. The molecule has 1 N–H and O–H groups in total. The first-order valence-electron chi connectivity index (χ1n) is 15.2. The van der Waals surface area contributed by atoms with Crippen LogP contribution in [0.2, 0.25) is 0 Å². The van der Waals surface area contributed by atoms with Crippen LogP contribution in [0.1, 0.15) is 5.56 Å². The smallest absolute Gasteiger partial charge is 0.201 e. The van der Waals surface area contributed by atoms with Crippen LogP contribution in [0.15, 0.2) is 136 Å². The Labute approximate surface area is 257 Å². The zero-order valence-corrected chi connectivity index (χ0v) is 24.1. The van der Waals surface area contributed by atoms with Gasteiger partial charge in [-0.25, -0.2) is 4.98 Å². The van der Waals surface area contributed by atoms with Gasteiger partial charge in [-0.15, -0.1) is 0 Å². The molecule has 212 valence electrons. The summed E-state index contributed by atoms with van der Waals surface area (Å²) in [4.78, 5) is 7.18. The van der Waals surface area contributed by atoms with Gasteiger partial charge in [0.05, 0.1) is 11.9 Å². The number of hydrogen-bond acceptors (Lipinski definition) is 5. The number of anilines is 4. The number of rotatable bonds is 3. The molecule has 0 radical (unpaired) electrons. The highest BCUT2D eigenvalue weighted by Crippen LogP contribution is 2.43. The number of nitrogens with zero attached hydrogens (tertiary/aromatic N) is 2. The first kappa shape index (κ1) is 24.4. The molecule has 0 unspecified atom stereocenters. The molecule has 9 aromatic rings. The number of para-hydroxylation sites is 1. The first-order chi connectivity index (χ1) is 22.3.